The van der Waals surface area contributed by atoms with E-state index < -0.39 is 0 Å². The largest absolute Gasteiger partial charge is 0.309 e. The molecule has 0 bridgehead atoms. The van der Waals surface area contributed by atoms with Gasteiger partial charge in [0.1, 0.15) is 0 Å². The van der Waals surface area contributed by atoms with Gasteiger partial charge in [-0.25, -0.2) is 0 Å². The Morgan fingerprint density at radius 2 is 2.43 bits per heavy atom. The Balaban J connectivity index is 2.06. The molecule has 1 heterocycles. The highest BCUT2D eigenvalue weighted by Crippen LogP contribution is 2.44. The first kappa shape index (κ1) is 10.5. The van der Waals surface area contributed by atoms with Gasteiger partial charge in [-0.15, -0.1) is 11.3 Å². The van der Waals surface area contributed by atoms with Gasteiger partial charge in [0.2, 0.25) is 0 Å². The van der Waals surface area contributed by atoms with Crippen LogP contribution in [0.3, 0.4) is 0 Å². The fourth-order valence-electron chi connectivity index (χ4n) is 1.73. The van der Waals surface area contributed by atoms with Crippen molar-refractivity contribution in [2.75, 3.05) is 6.54 Å². The van der Waals surface area contributed by atoms with Crippen molar-refractivity contribution in [1.29, 1.82) is 0 Å². The molecule has 3 heteroatoms. The van der Waals surface area contributed by atoms with Crippen LogP contribution in [0.15, 0.2) is 11.4 Å². The Morgan fingerprint density at radius 1 is 1.64 bits per heavy atom. The average Bonchev–Trinajstić information content (AvgIpc) is 2.92. The molecule has 1 aliphatic rings. The molecule has 1 nitrogen and oxygen atoms in total. The summed E-state index contributed by atoms with van der Waals surface area (Å²) in [4.78, 5) is 1.34. The molecule has 14 heavy (non-hydrogen) atoms. The van der Waals surface area contributed by atoms with E-state index >= 15 is 0 Å². The summed E-state index contributed by atoms with van der Waals surface area (Å²) >= 11 is 7.94. The van der Waals surface area contributed by atoms with E-state index in [4.69, 9.17) is 11.6 Å². The van der Waals surface area contributed by atoms with Gasteiger partial charge in [-0.2, -0.15) is 0 Å². The standard InChI is InChI=1S/C11H16ClNS/c1-2-6-13-10(8-3-4-8)11-9(12)5-7-14-11/h5,7-8,10,13H,2-4,6H2,1H3. The normalized spacial score (nSPS) is 18.4. The lowest BCUT2D eigenvalue weighted by Gasteiger charge is -2.16. The number of hydrogen-bond acceptors (Lipinski definition) is 2. The Bertz CT molecular complexity index is 293. The fraction of sp³-hybridized carbons (Fsp3) is 0.636. The van der Waals surface area contributed by atoms with Gasteiger partial charge in [0.05, 0.1) is 5.02 Å². The van der Waals surface area contributed by atoms with E-state index in [1.54, 1.807) is 11.3 Å². The van der Waals surface area contributed by atoms with Crippen LogP contribution in [0, 0.1) is 5.92 Å². The van der Waals surface area contributed by atoms with E-state index in [-0.39, 0.29) is 0 Å². The van der Waals surface area contributed by atoms with Crippen LogP contribution in [-0.4, -0.2) is 6.54 Å². The predicted molar refractivity (Wildman–Crippen MR) is 63.1 cm³/mol. The van der Waals surface area contributed by atoms with E-state index in [0.29, 0.717) is 6.04 Å². The SMILES string of the molecule is CCCNC(c1sccc1Cl)C1CC1. The van der Waals surface area contributed by atoms with Crippen LogP contribution in [0.25, 0.3) is 0 Å². The minimum atomic E-state index is 0.516. The summed E-state index contributed by atoms with van der Waals surface area (Å²) in [7, 11) is 0. The highest BCUT2D eigenvalue weighted by Gasteiger charge is 2.33. The molecule has 1 aromatic heterocycles. The molecule has 1 saturated carbocycles. The maximum Gasteiger partial charge on any atom is 0.0561 e. The second-order valence-corrected chi connectivity index (χ2v) is 5.26. The van der Waals surface area contributed by atoms with Crippen LogP contribution >= 0.6 is 22.9 Å². The molecular weight excluding hydrogens is 214 g/mol. The van der Waals surface area contributed by atoms with E-state index in [1.807, 2.05) is 6.07 Å². The number of thiophene rings is 1. The summed E-state index contributed by atoms with van der Waals surface area (Å²) < 4.78 is 0. The van der Waals surface area contributed by atoms with Gasteiger partial charge in [0.25, 0.3) is 0 Å². The maximum atomic E-state index is 6.16. The minimum Gasteiger partial charge on any atom is -0.309 e. The fourth-order valence-corrected chi connectivity index (χ4v) is 3.07. The molecule has 2 rings (SSSR count). The summed E-state index contributed by atoms with van der Waals surface area (Å²) in [5.74, 6) is 0.831. The van der Waals surface area contributed by atoms with Crippen molar-refractivity contribution in [2.45, 2.75) is 32.2 Å². The van der Waals surface area contributed by atoms with Crippen LogP contribution in [0.2, 0.25) is 5.02 Å². The first-order valence-electron chi connectivity index (χ1n) is 5.29. The quantitative estimate of drug-likeness (QED) is 0.809. The van der Waals surface area contributed by atoms with Crippen molar-refractivity contribution in [3.8, 4) is 0 Å². The van der Waals surface area contributed by atoms with Gasteiger partial charge >= 0.3 is 0 Å². The summed E-state index contributed by atoms with van der Waals surface area (Å²) in [5.41, 5.74) is 0. The Hall–Kier alpha value is -0.0500. The second kappa shape index (κ2) is 4.65. The highest BCUT2D eigenvalue weighted by atomic mass is 35.5. The number of hydrogen-bond donors (Lipinski definition) is 1. The number of rotatable bonds is 5. The molecular formula is C11H16ClNS. The highest BCUT2D eigenvalue weighted by molar-refractivity contribution is 7.10. The zero-order chi connectivity index (χ0) is 9.97. The molecule has 1 N–H and O–H groups in total. The van der Waals surface area contributed by atoms with Gasteiger partial charge in [0, 0.05) is 10.9 Å². The van der Waals surface area contributed by atoms with Crippen molar-refractivity contribution < 1.29 is 0 Å². The average molecular weight is 230 g/mol. The molecule has 1 unspecified atom stereocenters. The van der Waals surface area contributed by atoms with Crippen LogP contribution in [-0.2, 0) is 0 Å². The molecule has 0 radical (unpaired) electrons. The monoisotopic (exact) mass is 229 g/mol. The molecule has 0 spiro atoms. The van der Waals surface area contributed by atoms with Crippen molar-refractivity contribution in [3.63, 3.8) is 0 Å². The zero-order valence-corrected chi connectivity index (χ0v) is 10.00. The van der Waals surface area contributed by atoms with Gasteiger partial charge in [-0.3, -0.25) is 0 Å². The van der Waals surface area contributed by atoms with E-state index in [2.05, 4.69) is 17.6 Å². The lowest BCUT2D eigenvalue weighted by atomic mass is 10.1. The van der Waals surface area contributed by atoms with Gasteiger partial charge < -0.3 is 5.32 Å². The van der Waals surface area contributed by atoms with Crippen molar-refractivity contribution >= 4 is 22.9 Å². The molecule has 1 aliphatic carbocycles. The zero-order valence-electron chi connectivity index (χ0n) is 8.42. The molecule has 0 amide bonds. The third kappa shape index (κ3) is 2.30. The molecule has 78 valence electrons. The number of nitrogens with one attached hydrogen (secondary N) is 1. The summed E-state index contributed by atoms with van der Waals surface area (Å²) in [5, 5.41) is 6.62. The number of halogens is 1. The van der Waals surface area contributed by atoms with E-state index in [1.165, 1.54) is 24.1 Å². The predicted octanol–water partition coefficient (Wildman–Crippen LogP) is 3.85. The summed E-state index contributed by atoms with van der Waals surface area (Å²) in [6.45, 7) is 3.29. The lowest BCUT2D eigenvalue weighted by Crippen LogP contribution is -2.23. The second-order valence-electron chi connectivity index (χ2n) is 3.90. The smallest absolute Gasteiger partial charge is 0.0561 e. The molecule has 0 saturated heterocycles. The summed E-state index contributed by atoms with van der Waals surface area (Å²) in [6.07, 6.45) is 3.90. The van der Waals surface area contributed by atoms with Crippen LogP contribution in [0.4, 0.5) is 0 Å². The third-order valence-electron chi connectivity index (χ3n) is 2.63. The van der Waals surface area contributed by atoms with Crippen molar-refractivity contribution in [1.82, 2.24) is 5.32 Å². The topological polar surface area (TPSA) is 12.0 Å². The Labute approximate surface area is 94.5 Å². The molecule has 1 fully saturated rings. The van der Waals surface area contributed by atoms with Crippen LogP contribution in [0.5, 0.6) is 0 Å². The lowest BCUT2D eigenvalue weighted by molar-refractivity contribution is 0.488. The first-order valence-corrected chi connectivity index (χ1v) is 6.55. The first-order chi connectivity index (χ1) is 6.83. The van der Waals surface area contributed by atoms with Gasteiger partial charge in [-0.1, -0.05) is 18.5 Å². The van der Waals surface area contributed by atoms with E-state index in [9.17, 15) is 0 Å². The van der Waals surface area contributed by atoms with Crippen LogP contribution in [0.1, 0.15) is 37.1 Å². The Kier molecular flexibility index (Phi) is 3.47. The third-order valence-corrected chi connectivity index (χ3v) is 4.08. The van der Waals surface area contributed by atoms with Gasteiger partial charge in [0.15, 0.2) is 0 Å². The van der Waals surface area contributed by atoms with Gasteiger partial charge in [-0.05, 0) is 43.2 Å². The van der Waals surface area contributed by atoms with Crippen molar-refractivity contribution in [2.24, 2.45) is 5.92 Å². The molecule has 1 atom stereocenters. The van der Waals surface area contributed by atoms with Crippen molar-refractivity contribution in [3.05, 3.63) is 21.3 Å². The minimum absolute atomic E-state index is 0.516. The Morgan fingerprint density at radius 3 is 2.93 bits per heavy atom. The molecule has 1 aromatic rings. The van der Waals surface area contributed by atoms with Crippen LogP contribution < -0.4 is 5.32 Å². The molecule has 0 aliphatic heterocycles. The molecule has 0 aromatic carbocycles. The summed E-state index contributed by atoms with van der Waals surface area (Å²) in [6, 6.07) is 2.52. The maximum absolute atomic E-state index is 6.16. The van der Waals surface area contributed by atoms with E-state index in [0.717, 1.165) is 17.5 Å².